The number of ketones is 1. The van der Waals surface area contributed by atoms with Crippen molar-refractivity contribution in [2.45, 2.75) is 12.5 Å². The van der Waals surface area contributed by atoms with Crippen molar-refractivity contribution in [2.75, 3.05) is 0 Å². The van der Waals surface area contributed by atoms with Crippen molar-refractivity contribution in [3.05, 3.63) is 63.6 Å². The molecule has 1 unspecified atom stereocenters. The number of Topliss-reactive ketones (excluding diaryl/α,β-unsaturated/α-hetero) is 1. The summed E-state index contributed by atoms with van der Waals surface area (Å²) in [4.78, 5) is 12.1. The molecule has 0 aliphatic carbocycles. The normalized spacial score (nSPS) is 17.6. The molecular formula is C15H9BrF2O2. The van der Waals surface area contributed by atoms with Gasteiger partial charge in [-0.2, -0.15) is 0 Å². The van der Waals surface area contributed by atoms with Gasteiger partial charge in [0, 0.05) is 16.1 Å². The molecule has 0 saturated carbocycles. The molecule has 1 heterocycles. The van der Waals surface area contributed by atoms with Crippen LogP contribution in [0, 0.1) is 11.6 Å². The van der Waals surface area contributed by atoms with Crippen LogP contribution in [0.4, 0.5) is 8.78 Å². The minimum atomic E-state index is -0.549. The van der Waals surface area contributed by atoms with Crippen molar-refractivity contribution in [3.63, 3.8) is 0 Å². The maximum absolute atomic E-state index is 13.2. The number of benzene rings is 2. The molecule has 5 heteroatoms. The van der Waals surface area contributed by atoms with E-state index in [0.717, 1.165) is 0 Å². The van der Waals surface area contributed by atoms with Crippen molar-refractivity contribution in [2.24, 2.45) is 0 Å². The molecule has 0 radical (unpaired) electrons. The second kappa shape index (κ2) is 4.98. The van der Waals surface area contributed by atoms with E-state index in [9.17, 15) is 13.6 Å². The highest BCUT2D eigenvalue weighted by Crippen LogP contribution is 2.37. The van der Waals surface area contributed by atoms with Gasteiger partial charge < -0.3 is 4.74 Å². The molecule has 1 aliphatic heterocycles. The molecule has 1 atom stereocenters. The first-order valence-electron chi connectivity index (χ1n) is 5.99. The molecule has 0 saturated heterocycles. The fourth-order valence-corrected chi connectivity index (χ4v) is 2.84. The molecule has 3 rings (SSSR count). The average Bonchev–Trinajstić information content (AvgIpc) is 2.37. The number of halogens is 3. The molecule has 2 aromatic rings. The van der Waals surface area contributed by atoms with Crippen molar-refractivity contribution >= 4 is 21.7 Å². The number of carbonyl (C=O) groups excluding carboxylic acids is 1. The molecule has 0 bridgehead atoms. The lowest BCUT2D eigenvalue weighted by Gasteiger charge is -2.26. The quantitative estimate of drug-likeness (QED) is 0.768. The van der Waals surface area contributed by atoms with Crippen LogP contribution in [0.1, 0.15) is 28.4 Å². The molecule has 1 aliphatic rings. The van der Waals surface area contributed by atoms with Crippen LogP contribution in [-0.4, -0.2) is 5.78 Å². The summed E-state index contributed by atoms with van der Waals surface area (Å²) in [5.41, 5.74) is 1.04. The molecule has 0 spiro atoms. The lowest BCUT2D eigenvalue weighted by atomic mass is 9.96. The zero-order chi connectivity index (χ0) is 14.3. The highest BCUT2D eigenvalue weighted by atomic mass is 79.9. The number of hydrogen-bond acceptors (Lipinski definition) is 2. The van der Waals surface area contributed by atoms with Gasteiger partial charge in [0.05, 0.1) is 12.0 Å². The third kappa shape index (κ3) is 2.33. The highest BCUT2D eigenvalue weighted by Gasteiger charge is 2.29. The third-order valence-electron chi connectivity index (χ3n) is 3.19. The van der Waals surface area contributed by atoms with Crippen LogP contribution in [0.3, 0.4) is 0 Å². The Hall–Kier alpha value is -1.75. The van der Waals surface area contributed by atoms with E-state index in [1.165, 1.54) is 30.3 Å². The first kappa shape index (κ1) is 13.2. The summed E-state index contributed by atoms with van der Waals surface area (Å²) in [5, 5.41) is 0. The van der Waals surface area contributed by atoms with Gasteiger partial charge in [0.15, 0.2) is 5.78 Å². The third-order valence-corrected chi connectivity index (χ3v) is 3.88. The van der Waals surface area contributed by atoms with E-state index >= 15 is 0 Å². The Kier molecular flexibility index (Phi) is 3.30. The monoisotopic (exact) mass is 338 g/mol. The van der Waals surface area contributed by atoms with Crippen LogP contribution in [-0.2, 0) is 0 Å². The fraction of sp³-hybridized carbons (Fsp3) is 0.133. The summed E-state index contributed by atoms with van der Waals surface area (Å²) < 4.78 is 32.5. The summed E-state index contributed by atoms with van der Waals surface area (Å²) in [5.74, 6) is -0.737. The molecule has 102 valence electrons. The van der Waals surface area contributed by atoms with E-state index < -0.39 is 11.9 Å². The number of carbonyl (C=O) groups is 1. The molecule has 0 amide bonds. The van der Waals surface area contributed by atoms with Crippen LogP contribution >= 0.6 is 15.9 Å². The van der Waals surface area contributed by atoms with E-state index in [1.54, 1.807) is 6.07 Å². The topological polar surface area (TPSA) is 26.3 Å². The van der Waals surface area contributed by atoms with Crippen molar-refractivity contribution in [1.29, 1.82) is 0 Å². The zero-order valence-corrected chi connectivity index (χ0v) is 11.8. The Morgan fingerprint density at radius 1 is 1.10 bits per heavy atom. The molecule has 20 heavy (non-hydrogen) atoms. The van der Waals surface area contributed by atoms with Crippen LogP contribution < -0.4 is 4.74 Å². The highest BCUT2D eigenvalue weighted by molar-refractivity contribution is 9.10. The lowest BCUT2D eigenvalue weighted by Crippen LogP contribution is -2.20. The fourth-order valence-electron chi connectivity index (χ4n) is 2.23. The Labute approximate surface area is 122 Å². The minimum Gasteiger partial charge on any atom is -0.484 e. The summed E-state index contributed by atoms with van der Waals surface area (Å²) in [6.45, 7) is 0. The van der Waals surface area contributed by atoms with Crippen LogP contribution in [0.5, 0.6) is 5.75 Å². The van der Waals surface area contributed by atoms with E-state index in [4.69, 9.17) is 4.74 Å². The Bertz CT molecular complexity index is 700. The number of fused-ring (bicyclic) bond motifs is 1. The van der Waals surface area contributed by atoms with Crippen molar-refractivity contribution < 1.29 is 18.3 Å². The largest absolute Gasteiger partial charge is 0.484 e. The van der Waals surface area contributed by atoms with E-state index in [-0.39, 0.29) is 23.8 Å². The smallest absolute Gasteiger partial charge is 0.170 e. The predicted molar refractivity (Wildman–Crippen MR) is 72.8 cm³/mol. The van der Waals surface area contributed by atoms with Crippen molar-refractivity contribution in [1.82, 2.24) is 0 Å². The second-order valence-corrected chi connectivity index (χ2v) is 5.39. The molecule has 0 N–H and O–H groups in total. The first-order valence-corrected chi connectivity index (χ1v) is 6.78. The van der Waals surface area contributed by atoms with Gasteiger partial charge >= 0.3 is 0 Å². The van der Waals surface area contributed by atoms with Gasteiger partial charge in [0.1, 0.15) is 23.5 Å². The maximum atomic E-state index is 13.2. The first-order chi connectivity index (χ1) is 9.54. The zero-order valence-electron chi connectivity index (χ0n) is 10.2. The number of rotatable bonds is 1. The van der Waals surface area contributed by atoms with Gasteiger partial charge in [0.2, 0.25) is 0 Å². The number of hydrogen-bond donors (Lipinski definition) is 0. The molecule has 2 aromatic carbocycles. The van der Waals surface area contributed by atoms with E-state index in [1.807, 2.05) is 0 Å². The van der Waals surface area contributed by atoms with Crippen LogP contribution in [0.15, 0.2) is 40.9 Å². The Balaban J connectivity index is 2.00. The Morgan fingerprint density at radius 2 is 1.80 bits per heavy atom. The molecular weight excluding hydrogens is 330 g/mol. The predicted octanol–water partition coefficient (Wildman–Crippen LogP) is 4.43. The van der Waals surface area contributed by atoms with Crippen molar-refractivity contribution in [3.8, 4) is 5.75 Å². The van der Waals surface area contributed by atoms with Crippen LogP contribution in [0.25, 0.3) is 0 Å². The van der Waals surface area contributed by atoms with E-state index in [2.05, 4.69) is 15.9 Å². The second-order valence-electron chi connectivity index (χ2n) is 4.54. The van der Waals surface area contributed by atoms with Gasteiger partial charge in [-0.05, 0) is 24.3 Å². The standard InChI is InChI=1S/C15H9BrF2O2/c16-12-5-8(17)1-3-10(12)15-7-13(19)11-4-2-9(18)6-14(11)20-15/h1-6,15H,7H2. The Morgan fingerprint density at radius 3 is 2.55 bits per heavy atom. The van der Waals surface area contributed by atoms with Crippen LogP contribution in [0.2, 0.25) is 0 Å². The summed E-state index contributed by atoms with van der Waals surface area (Å²) in [6, 6.07) is 8.01. The molecule has 0 fully saturated rings. The minimum absolute atomic E-state index is 0.118. The van der Waals surface area contributed by atoms with Gasteiger partial charge in [0.25, 0.3) is 0 Å². The van der Waals surface area contributed by atoms with Gasteiger partial charge in [-0.3, -0.25) is 4.79 Å². The average molecular weight is 339 g/mol. The lowest BCUT2D eigenvalue weighted by molar-refractivity contribution is 0.0848. The maximum Gasteiger partial charge on any atom is 0.170 e. The van der Waals surface area contributed by atoms with Gasteiger partial charge in [-0.25, -0.2) is 8.78 Å². The molecule has 0 aromatic heterocycles. The summed E-state index contributed by atoms with van der Waals surface area (Å²) in [6.07, 6.45) is -0.408. The summed E-state index contributed by atoms with van der Waals surface area (Å²) >= 11 is 3.25. The number of ether oxygens (including phenoxy) is 1. The van der Waals surface area contributed by atoms with Gasteiger partial charge in [-0.15, -0.1) is 0 Å². The SMILES string of the molecule is O=C1CC(c2ccc(F)cc2Br)Oc2cc(F)ccc21. The van der Waals surface area contributed by atoms with E-state index in [0.29, 0.717) is 15.6 Å². The summed E-state index contributed by atoms with van der Waals surface area (Å²) in [7, 11) is 0. The molecule has 2 nitrogen and oxygen atoms in total. The van der Waals surface area contributed by atoms with Gasteiger partial charge in [-0.1, -0.05) is 22.0 Å².